The zero-order valence-electron chi connectivity index (χ0n) is 19.2. The standard InChI is InChI=1S/C26H22ClNO7/c1-15-26(35-16-7-5-4-6-8-16)25(30)18-10-9-17(11-21(18)34-15)33-14-24(29)28-20-13-22(31-2)19(27)12-23(20)32-3/h4-13H,14H2,1-3H3,(H,28,29). The molecule has 0 unspecified atom stereocenters. The number of carbonyl (C=O) groups is 1. The number of hydrogen-bond donors (Lipinski definition) is 1. The number of anilines is 1. The molecule has 1 amide bonds. The van der Waals surface area contributed by atoms with Crippen molar-refractivity contribution in [2.45, 2.75) is 6.92 Å². The van der Waals surface area contributed by atoms with Crippen LogP contribution < -0.4 is 29.7 Å². The lowest BCUT2D eigenvalue weighted by Crippen LogP contribution is -2.20. The van der Waals surface area contributed by atoms with Crippen molar-refractivity contribution in [1.82, 2.24) is 0 Å². The Labute approximate surface area is 205 Å². The highest BCUT2D eigenvalue weighted by Gasteiger charge is 2.16. The van der Waals surface area contributed by atoms with Gasteiger partial charge in [0.05, 0.1) is 30.3 Å². The van der Waals surface area contributed by atoms with Crippen molar-refractivity contribution in [2.24, 2.45) is 0 Å². The van der Waals surface area contributed by atoms with Gasteiger partial charge in [0, 0.05) is 18.2 Å². The lowest BCUT2D eigenvalue weighted by atomic mass is 10.2. The fraction of sp³-hybridized carbons (Fsp3) is 0.154. The monoisotopic (exact) mass is 495 g/mol. The fourth-order valence-electron chi connectivity index (χ4n) is 3.38. The van der Waals surface area contributed by atoms with Crippen LogP contribution in [0.5, 0.6) is 28.7 Å². The Bertz CT molecular complexity index is 1430. The second kappa shape index (κ2) is 10.4. The van der Waals surface area contributed by atoms with Gasteiger partial charge in [-0.25, -0.2) is 0 Å². The number of nitrogens with one attached hydrogen (secondary N) is 1. The van der Waals surface area contributed by atoms with Crippen LogP contribution in [-0.4, -0.2) is 26.7 Å². The Morgan fingerprint density at radius 2 is 1.71 bits per heavy atom. The Hall–Kier alpha value is -4.17. The van der Waals surface area contributed by atoms with E-state index in [1.54, 1.807) is 49.4 Å². The van der Waals surface area contributed by atoms with E-state index in [2.05, 4.69) is 5.32 Å². The molecule has 3 aromatic carbocycles. The first kappa shape index (κ1) is 24.0. The summed E-state index contributed by atoms with van der Waals surface area (Å²) in [5.41, 5.74) is 0.393. The molecule has 0 saturated heterocycles. The third-order valence-electron chi connectivity index (χ3n) is 5.07. The van der Waals surface area contributed by atoms with E-state index in [-0.39, 0.29) is 17.8 Å². The maximum absolute atomic E-state index is 12.9. The van der Waals surface area contributed by atoms with Crippen molar-refractivity contribution in [3.05, 3.63) is 81.7 Å². The SMILES string of the molecule is COc1cc(NC(=O)COc2ccc3c(=O)c(Oc4ccccc4)c(C)oc3c2)c(OC)cc1Cl. The van der Waals surface area contributed by atoms with Crippen molar-refractivity contribution < 1.29 is 28.2 Å². The molecule has 0 aliphatic carbocycles. The molecule has 35 heavy (non-hydrogen) atoms. The van der Waals surface area contributed by atoms with Gasteiger partial charge in [-0.2, -0.15) is 0 Å². The van der Waals surface area contributed by atoms with E-state index in [1.807, 2.05) is 18.2 Å². The van der Waals surface area contributed by atoms with E-state index in [4.69, 9.17) is 35.0 Å². The Kier molecular flexibility index (Phi) is 7.12. The molecular weight excluding hydrogens is 474 g/mol. The average Bonchev–Trinajstić information content (AvgIpc) is 2.86. The molecule has 0 aliphatic rings. The maximum atomic E-state index is 12.9. The van der Waals surface area contributed by atoms with Gasteiger partial charge in [-0.3, -0.25) is 9.59 Å². The summed E-state index contributed by atoms with van der Waals surface area (Å²) in [5, 5.41) is 3.38. The minimum Gasteiger partial charge on any atom is -0.495 e. The highest BCUT2D eigenvalue weighted by Crippen LogP contribution is 2.36. The zero-order chi connectivity index (χ0) is 24.9. The topological polar surface area (TPSA) is 96.2 Å². The maximum Gasteiger partial charge on any atom is 0.262 e. The van der Waals surface area contributed by atoms with Crippen LogP contribution in [0, 0.1) is 6.92 Å². The molecule has 1 N–H and O–H groups in total. The molecule has 1 aromatic heterocycles. The zero-order valence-corrected chi connectivity index (χ0v) is 20.0. The van der Waals surface area contributed by atoms with Crippen molar-refractivity contribution in [2.75, 3.05) is 26.1 Å². The molecule has 9 heteroatoms. The van der Waals surface area contributed by atoms with Crippen LogP contribution in [-0.2, 0) is 4.79 Å². The first-order valence-electron chi connectivity index (χ1n) is 10.5. The second-order valence-electron chi connectivity index (χ2n) is 7.41. The van der Waals surface area contributed by atoms with Crippen LogP contribution in [0.2, 0.25) is 5.02 Å². The molecule has 4 rings (SSSR count). The summed E-state index contributed by atoms with van der Waals surface area (Å²) in [4.78, 5) is 25.4. The van der Waals surface area contributed by atoms with Crippen molar-refractivity contribution in [3.8, 4) is 28.7 Å². The number of halogens is 1. The summed E-state index contributed by atoms with van der Waals surface area (Å²) in [6.07, 6.45) is 0. The van der Waals surface area contributed by atoms with Gasteiger partial charge in [-0.15, -0.1) is 0 Å². The van der Waals surface area contributed by atoms with E-state index >= 15 is 0 Å². The first-order chi connectivity index (χ1) is 16.9. The van der Waals surface area contributed by atoms with Gasteiger partial charge in [0.1, 0.15) is 34.3 Å². The molecule has 1 heterocycles. The van der Waals surface area contributed by atoms with Crippen molar-refractivity contribution >= 4 is 34.2 Å². The van der Waals surface area contributed by atoms with Crippen LogP contribution in [0.4, 0.5) is 5.69 Å². The lowest BCUT2D eigenvalue weighted by Gasteiger charge is -2.13. The predicted octanol–water partition coefficient (Wildman–Crippen LogP) is 5.58. The van der Waals surface area contributed by atoms with Crippen LogP contribution in [0.25, 0.3) is 11.0 Å². The molecule has 0 saturated carbocycles. The van der Waals surface area contributed by atoms with Gasteiger partial charge in [-0.05, 0) is 31.2 Å². The van der Waals surface area contributed by atoms with E-state index in [0.29, 0.717) is 50.4 Å². The van der Waals surface area contributed by atoms with Gasteiger partial charge in [0.15, 0.2) is 6.61 Å². The highest BCUT2D eigenvalue weighted by molar-refractivity contribution is 6.32. The molecular formula is C26H22ClNO7. The van der Waals surface area contributed by atoms with Crippen LogP contribution in [0.3, 0.4) is 0 Å². The van der Waals surface area contributed by atoms with Gasteiger partial charge < -0.3 is 28.7 Å². The number of amides is 1. The predicted molar refractivity (Wildman–Crippen MR) is 132 cm³/mol. The largest absolute Gasteiger partial charge is 0.495 e. The second-order valence-corrected chi connectivity index (χ2v) is 7.82. The molecule has 0 radical (unpaired) electrons. The van der Waals surface area contributed by atoms with Gasteiger partial charge in [-0.1, -0.05) is 29.8 Å². The number of rotatable bonds is 8. The Morgan fingerprint density at radius 3 is 2.43 bits per heavy atom. The van der Waals surface area contributed by atoms with Crippen LogP contribution in [0.15, 0.2) is 69.9 Å². The summed E-state index contributed by atoms with van der Waals surface area (Å²) < 4.78 is 27.6. The Balaban J connectivity index is 1.49. The Morgan fingerprint density at radius 1 is 0.971 bits per heavy atom. The fourth-order valence-corrected chi connectivity index (χ4v) is 3.61. The van der Waals surface area contributed by atoms with Crippen LogP contribution in [0.1, 0.15) is 5.76 Å². The highest BCUT2D eigenvalue weighted by atomic mass is 35.5. The smallest absolute Gasteiger partial charge is 0.262 e. The minimum atomic E-state index is -0.433. The third kappa shape index (κ3) is 5.33. The molecule has 180 valence electrons. The molecule has 0 spiro atoms. The summed E-state index contributed by atoms with van der Waals surface area (Å²) in [5.74, 6) is 1.65. The number of ether oxygens (including phenoxy) is 4. The number of carbonyl (C=O) groups excluding carboxylic acids is 1. The lowest BCUT2D eigenvalue weighted by molar-refractivity contribution is -0.118. The van der Waals surface area contributed by atoms with Gasteiger partial charge >= 0.3 is 0 Å². The summed E-state index contributed by atoms with van der Waals surface area (Å²) in [6, 6.07) is 16.8. The quantitative estimate of drug-likeness (QED) is 0.340. The summed E-state index contributed by atoms with van der Waals surface area (Å²) >= 11 is 6.10. The summed E-state index contributed by atoms with van der Waals surface area (Å²) in [7, 11) is 2.93. The molecule has 0 fully saturated rings. The third-order valence-corrected chi connectivity index (χ3v) is 5.36. The van der Waals surface area contributed by atoms with E-state index in [1.165, 1.54) is 14.2 Å². The first-order valence-corrected chi connectivity index (χ1v) is 10.9. The van der Waals surface area contributed by atoms with Gasteiger partial charge in [0.25, 0.3) is 5.91 Å². The molecule has 8 nitrogen and oxygen atoms in total. The van der Waals surface area contributed by atoms with E-state index < -0.39 is 5.91 Å². The molecule has 0 aliphatic heterocycles. The average molecular weight is 496 g/mol. The minimum absolute atomic E-state index is 0.115. The van der Waals surface area contributed by atoms with Crippen molar-refractivity contribution in [1.29, 1.82) is 0 Å². The molecule has 0 bridgehead atoms. The number of benzene rings is 3. The molecule has 4 aromatic rings. The number of methoxy groups -OCH3 is 2. The summed E-state index contributed by atoms with van der Waals surface area (Å²) in [6.45, 7) is 1.35. The van der Waals surface area contributed by atoms with E-state index in [0.717, 1.165) is 0 Å². The molecule has 0 atom stereocenters. The normalized spacial score (nSPS) is 10.6. The van der Waals surface area contributed by atoms with Gasteiger partial charge in [0.2, 0.25) is 11.2 Å². The van der Waals surface area contributed by atoms with Crippen LogP contribution >= 0.6 is 11.6 Å². The number of fused-ring (bicyclic) bond motifs is 1. The number of aryl methyl sites for hydroxylation is 1. The number of para-hydroxylation sites is 1. The number of hydrogen-bond acceptors (Lipinski definition) is 7. The van der Waals surface area contributed by atoms with E-state index in [9.17, 15) is 9.59 Å². The van der Waals surface area contributed by atoms with Crippen molar-refractivity contribution in [3.63, 3.8) is 0 Å².